The predicted molar refractivity (Wildman–Crippen MR) is 55.4 cm³/mol. The van der Waals surface area contributed by atoms with Crippen LogP contribution in [0, 0.1) is 0 Å². The van der Waals surface area contributed by atoms with Crippen molar-refractivity contribution in [3.8, 4) is 0 Å². The molecule has 0 aliphatic heterocycles. The summed E-state index contributed by atoms with van der Waals surface area (Å²) in [5.41, 5.74) is 0. The minimum absolute atomic E-state index is 0.501. The van der Waals surface area contributed by atoms with Gasteiger partial charge < -0.3 is 14.7 Å². The summed E-state index contributed by atoms with van der Waals surface area (Å²) in [6.07, 6.45) is 0.762. The minimum atomic E-state index is -0.875. The highest BCUT2D eigenvalue weighted by Gasteiger charge is 2.15. The van der Waals surface area contributed by atoms with Gasteiger partial charge in [0.15, 0.2) is 6.10 Å². The van der Waals surface area contributed by atoms with Crippen LogP contribution >= 0.6 is 0 Å². The second-order valence-electron chi connectivity index (χ2n) is 3.78. The van der Waals surface area contributed by atoms with Crippen LogP contribution in [0.3, 0.4) is 0 Å². The zero-order valence-electron chi connectivity index (χ0n) is 9.49. The van der Waals surface area contributed by atoms with Crippen LogP contribution in [0.1, 0.15) is 26.7 Å². The van der Waals surface area contributed by atoms with Crippen molar-refractivity contribution >= 4 is 5.97 Å². The summed E-state index contributed by atoms with van der Waals surface area (Å²) < 4.78 is 4.84. The topological polar surface area (TPSA) is 49.8 Å². The molecular formula is C10H21NO3. The van der Waals surface area contributed by atoms with E-state index in [1.54, 1.807) is 0 Å². The Bertz CT molecular complexity index is 171. The Balaban J connectivity index is 3.66. The molecule has 4 nitrogen and oxygen atoms in total. The van der Waals surface area contributed by atoms with Crippen LogP contribution in [0.2, 0.25) is 0 Å². The summed E-state index contributed by atoms with van der Waals surface area (Å²) >= 11 is 0. The number of nitrogens with zero attached hydrogens (tertiary/aromatic N) is 1. The van der Waals surface area contributed by atoms with Crippen molar-refractivity contribution in [3.05, 3.63) is 0 Å². The molecule has 84 valence electrons. The number of methoxy groups -OCH3 is 1. The van der Waals surface area contributed by atoms with Gasteiger partial charge in [0.25, 0.3) is 0 Å². The van der Waals surface area contributed by atoms with E-state index in [-0.39, 0.29) is 0 Å². The fourth-order valence-corrected chi connectivity index (χ4v) is 1.13. The van der Waals surface area contributed by atoms with Gasteiger partial charge in [0.2, 0.25) is 0 Å². The Morgan fingerprint density at radius 3 is 2.43 bits per heavy atom. The van der Waals surface area contributed by atoms with Gasteiger partial charge in [0.05, 0.1) is 0 Å². The molecule has 0 saturated heterocycles. The predicted octanol–water partition coefficient (Wildman–Crippen LogP) is 1.21. The standard InChI is InChI=1S/C10H21NO3/c1-8(2)11(3)7-5-6-9(14-4)10(12)13/h8-9H,5-7H2,1-4H3,(H,12,13). The fourth-order valence-electron chi connectivity index (χ4n) is 1.13. The molecule has 0 bridgehead atoms. The van der Waals surface area contributed by atoms with Crippen LogP contribution in [0.4, 0.5) is 0 Å². The number of ether oxygens (including phenoxy) is 1. The summed E-state index contributed by atoms with van der Waals surface area (Å²) in [4.78, 5) is 12.8. The normalized spacial score (nSPS) is 13.6. The third-order valence-electron chi connectivity index (χ3n) is 2.42. The zero-order valence-corrected chi connectivity index (χ0v) is 9.49. The maximum Gasteiger partial charge on any atom is 0.332 e. The van der Waals surface area contributed by atoms with Crippen molar-refractivity contribution in [2.45, 2.75) is 38.8 Å². The lowest BCUT2D eigenvalue weighted by Crippen LogP contribution is -2.29. The number of aliphatic carboxylic acids is 1. The van der Waals surface area contributed by atoms with E-state index in [0.29, 0.717) is 12.5 Å². The molecule has 0 amide bonds. The highest BCUT2D eigenvalue weighted by Crippen LogP contribution is 2.04. The van der Waals surface area contributed by atoms with E-state index in [1.807, 2.05) is 7.05 Å². The lowest BCUT2D eigenvalue weighted by atomic mass is 10.2. The first-order valence-corrected chi connectivity index (χ1v) is 4.94. The van der Waals surface area contributed by atoms with E-state index in [4.69, 9.17) is 9.84 Å². The molecule has 1 atom stereocenters. The van der Waals surface area contributed by atoms with E-state index in [1.165, 1.54) is 7.11 Å². The highest BCUT2D eigenvalue weighted by molar-refractivity contribution is 5.72. The average Bonchev–Trinajstić information content (AvgIpc) is 2.11. The molecule has 0 saturated carbocycles. The van der Waals surface area contributed by atoms with Gasteiger partial charge in [-0.1, -0.05) is 0 Å². The molecule has 0 aromatic rings. The van der Waals surface area contributed by atoms with Gasteiger partial charge in [-0.25, -0.2) is 4.79 Å². The zero-order chi connectivity index (χ0) is 11.1. The van der Waals surface area contributed by atoms with Crippen LogP contribution in [0.15, 0.2) is 0 Å². The van der Waals surface area contributed by atoms with E-state index in [2.05, 4.69) is 18.7 Å². The van der Waals surface area contributed by atoms with Crippen LogP contribution in [0.25, 0.3) is 0 Å². The number of carboxylic acid groups (broad SMARTS) is 1. The Hall–Kier alpha value is -0.610. The van der Waals surface area contributed by atoms with Gasteiger partial charge in [-0.2, -0.15) is 0 Å². The van der Waals surface area contributed by atoms with Crippen LogP contribution in [0.5, 0.6) is 0 Å². The first-order valence-electron chi connectivity index (χ1n) is 4.94. The van der Waals surface area contributed by atoms with Gasteiger partial charge in [0, 0.05) is 13.2 Å². The second-order valence-corrected chi connectivity index (χ2v) is 3.78. The molecule has 0 rings (SSSR count). The third-order valence-corrected chi connectivity index (χ3v) is 2.42. The van der Waals surface area contributed by atoms with Crippen molar-refractivity contribution in [3.63, 3.8) is 0 Å². The summed E-state index contributed by atoms with van der Waals surface area (Å²) in [7, 11) is 3.47. The molecule has 0 aromatic heterocycles. The molecule has 14 heavy (non-hydrogen) atoms. The molecule has 0 aliphatic rings. The highest BCUT2D eigenvalue weighted by atomic mass is 16.5. The summed E-state index contributed by atoms with van der Waals surface area (Å²) in [6.45, 7) is 5.14. The number of carbonyl (C=O) groups is 1. The Morgan fingerprint density at radius 2 is 2.07 bits per heavy atom. The molecule has 0 fully saturated rings. The molecule has 4 heteroatoms. The first-order chi connectivity index (χ1) is 6.49. The summed E-state index contributed by atoms with van der Waals surface area (Å²) in [5, 5.41) is 8.71. The van der Waals surface area contributed by atoms with E-state index >= 15 is 0 Å². The van der Waals surface area contributed by atoms with Crippen molar-refractivity contribution in [2.75, 3.05) is 20.7 Å². The first kappa shape index (κ1) is 13.4. The molecule has 0 heterocycles. The molecular weight excluding hydrogens is 182 g/mol. The minimum Gasteiger partial charge on any atom is -0.479 e. The fraction of sp³-hybridized carbons (Fsp3) is 0.900. The number of hydrogen-bond acceptors (Lipinski definition) is 3. The van der Waals surface area contributed by atoms with E-state index < -0.39 is 12.1 Å². The average molecular weight is 203 g/mol. The lowest BCUT2D eigenvalue weighted by molar-refractivity contribution is -0.148. The molecule has 1 N–H and O–H groups in total. The second kappa shape index (κ2) is 6.79. The molecule has 1 unspecified atom stereocenters. The van der Waals surface area contributed by atoms with Gasteiger partial charge in [-0.15, -0.1) is 0 Å². The number of hydrogen-bond donors (Lipinski definition) is 1. The van der Waals surface area contributed by atoms with Crippen molar-refractivity contribution < 1.29 is 14.6 Å². The van der Waals surface area contributed by atoms with Crippen molar-refractivity contribution in [2.24, 2.45) is 0 Å². The summed E-state index contributed by atoms with van der Waals surface area (Å²) in [6, 6.07) is 0.501. The maximum atomic E-state index is 10.6. The largest absolute Gasteiger partial charge is 0.479 e. The lowest BCUT2D eigenvalue weighted by Gasteiger charge is -2.21. The Morgan fingerprint density at radius 1 is 1.50 bits per heavy atom. The molecule has 0 spiro atoms. The Labute approximate surface area is 85.9 Å². The van der Waals surface area contributed by atoms with Crippen molar-refractivity contribution in [1.29, 1.82) is 0 Å². The van der Waals surface area contributed by atoms with Crippen LogP contribution < -0.4 is 0 Å². The van der Waals surface area contributed by atoms with E-state index in [9.17, 15) is 4.79 Å². The Kier molecular flexibility index (Phi) is 6.49. The third kappa shape index (κ3) is 5.19. The quantitative estimate of drug-likeness (QED) is 0.675. The number of carboxylic acids is 1. The molecule has 0 aliphatic carbocycles. The smallest absolute Gasteiger partial charge is 0.332 e. The van der Waals surface area contributed by atoms with Gasteiger partial charge in [0.1, 0.15) is 0 Å². The number of rotatable bonds is 7. The van der Waals surface area contributed by atoms with Crippen LogP contribution in [-0.2, 0) is 9.53 Å². The molecule has 0 aromatic carbocycles. The van der Waals surface area contributed by atoms with Gasteiger partial charge in [-0.05, 0) is 40.3 Å². The van der Waals surface area contributed by atoms with E-state index in [0.717, 1.165) is 13.0 Å². The maximum absolute atomic E-state index is 10.6. The van der Waals surface area contributed by atoms with Gasteiger partial charge >= 0.3 is 5.97 Å². The SMILES string of the molecule is COC(CCCN(C)C(C)C)C(=O)O. The molecule has 0 radical (unpaired) electrons. The van der Waals surface area contributed by atoms with Gasteiger partial charge in [-0.3, -0.25) is 0 Å². The summed E-state index contributed by atoms with van der Waals surface area (Å²) in [5.74, 6) is -0.875. The van der Waals surface area contributed by atoms with Crippen LogP contribution in [-0.4, -0.2) is 48.8 Å². The van der Waals surface area contributed by atoms with Crippen molar-refractivity contribution in [1.82, 2.24) is 4.90 Å². The monoisotopic (exact) mass is 203 g/mol.